The Hall–Kier alpha value is -1.82. The van der Waals surface area contributed by atoms with Gasteiger partial charge in [-0.25, -0.2) is 0 Å². The Kier molecular flexibility index (Phi) is 1.75. The summed E-state index contributed by atoms with van der Waals surface area (Å²) in [6.45, 7) is 1.89. The van der Waals surface area contributed by atoms with Crippen LogP contribution in [0.5, 0.6) is 0 Å². The summed E-state index contributed by atoms with van der Waals surface area (Å²) < 4.78 is 0. The largest absolute Gasteiger partial charge is 0.278 e. The molecule has 3 heteroatoms. The third-order valence-corrected chi connectivity index (χ3v) is 2.18. The molecule has 0 aliphatic carbocycles. The van der Waals surface area contributed by atoms with Gasteiger partial charge in [0.2, 0.25) is 0 Å². The van der Waals surface area contributed by atoms with Gasteiger partial charge in [-0.3, -0.25) is 5.10 Å². The van der Waals surface area contributed by atoms with E-state index in [0.29, 0.717) is 0 Å². The van der Waals surface area contributed by atoms with Crippen molar-refractivity contribution in [2.45, 2.75) is 12.8 Å². The molecule has 13 heavy (non-hydrogen) atoms. The Bertz CT molecular complexity index is 464. The highest BCUT2D eigenvalue weighted by Gasteiger charge is 2.08. The first kappa shape index (κ1) is 7.81. The van der Waals surface area contributed by atoms with E-state index in [9.17, 15) is 0 Å². The van der Waals surface area contributed by atoms with Crippen LogP contribution in [0.1, 0.15) is 18.4 Å². The average molecular weight is 171 g/mol. The molecule has 3 nitrogen and oxygen atoms in total. The first-order chi connectivity index (χ1) is 6.33. The fourth-order valence-corrected chi connectivity index (χ4v) is 1.44. The summed E-state index contributed by atoms with van der Waals surface area (Å²) in [4.78, 5) is 0. The molecule has 64 valence electrons. The minimum absolute atomic E-state index is 0.0821. The second-order valence-electron chi connectivity index (χ2n) is 3.03. The molecule has 0 spiro atoms. The number of benzene rings is 1. The van der Waals surface area contributed by atoms with Crippen LogP contribution in [-0.2, 0) is 0 Å². The van der Waals surface area contributed by atoms with Gasteiger partial charge in [0, 0.05) is 5.39 Å². The first-order valence-corrected chi connectivity index (χ1v) is 4.14. The van der Waals surface area contributed by atoms with Gasteiger partial charge in [-0.15, -0.1) is 0 Å². The van der Waals surface area contributed by atoms with Gasteiger partial charge in [0.25, 0.3) is 0 Å². The fourth-order valence-electron chi connectivity index (χ4n) is 1.44. The van der Waals surface area contributed by atoms with Crippen LogP contribution in [0.2, 0.25) is 0 Å². The number of hydrogen-bond donors (Lipinski definition) is 1. The van der Waals surface area contributed by atoms with Crippen molar-refractivity contribution in [1.82, 2.24) is 10.2 Å². The van der Waals surface area contributed by atoms with E-state index in [0.717, 1.165) is 16.5 Å². The molecule has 0 aliphatic heterocycles. The normalized spacial score (nSPS) is 12.6. The Balaban J connectivity index is 2.69. The van der Waals surface area contributed by atoms with Gasteiger partial charge in [0.05, 0.1) is 23.7 Å². The number of aromatic nitrogens is 2. The summed E-state index contributed by atoms with van der Waals surface area (Å²) >= 11 is 0. The van der Waals surface area contributed by atoms with Crippen molar-refractivity contribution in [1.29, 1.82) is 5.26 Å². The van der Waals surface area contributed by atoms with Crippen LogP contribution in [0.15, 0.2) is 24.4 Å². The van der Waals surface area contributed by atoms with E-state index in [4.69, 9.17) is 5.26 Å². The first-order valence-electron chi connectivity index (χ1n) is 4.14. The fraction of sp³-hybridized carbons (Fsp3) is 0.200. The topological polar surface area (TPSA) is 52.5 Å². The van der Waals surface area contributed by atoms with Crippen LogP contribution in [0.3, 0.4) is 0 Å². The second-order valence-corrected chi connectivity index (χ2v) is 3.03. The van der Waals surface area contributed by atoms with Crippen molar-refractivity contribution in [2.75, 3.05) is 0 Å². The quantitative estimate of drug-likeness (QED) is 0.715. The Morgan fingerprint density at radius 2 is 2.38 bits per heavy atom. The van der Waals surface area contributed by atoms with Crippen molar-refractivity contribution in [3.05, 3.63) is 30.0 Å². The zero-order valence-electron chi connectivity index (χ0n) is 7.28. The molecule has 2 rings (SSSR count). The number of nitrogens with one attached hydrogen (secondary N) is 1. The molecule has 0 bridgehead atoms. The molecular weight excluding hydrogens is 162 g/mol. The molecule has 0 amide bonds. The van der Waals surface area contributed by atoms with Crippen molar-refractivity contribution in [3.8, 4) is 6.07 Å². The van der Waals surface area contributed by atoms with Gasteiger partial charge in [-0.1, -0.05) is 12.1 Å². The maximum absolute atomic E-state index is 8.80. The highest BCUT2D eigenvalue weighted by atomic mass is 15.1. The number of fused-ring (bicyclic) bond motifs is 1. The predicted octanol–water partition coefficient (Wildman–Crippen LogP) is 2.19. The number of H-pyrrole nitrogens is 1. The Morgan fingerprint density at radius 1 is 1.54 bits per heavy atom. The number of nitriles is 1. The van der Waals surface area contributed by atoms with Crippen molar-refractivity contribution in [3.63, 3.8) is 0 Å². The number of nitrogens with zero attached hydrogens (tertiary/aromatic N) is 2. The third kappa shape index (κ3) is 1.17. The van der Waals surface area contributed by atoms with E-state index in [1.54, 1.807) is 6.20 Å². The third-order valence-electron chi connectivity index (χ3n) is 2.18. The zero-order valence-corrected chi connectivity index (χ0v) is 7.28. The SMILES string of the molecule is CC(C#N)c1cccc2[nH]ncc12. The zero-order chi connectivity index (χ0) is 9.26. The van der Waals surface area contributed by atoms with Crippen molar-refractivity contribution < 1.29 is 0 Å². The molecule has 1 unspecified atom stereocenters. The Labute approximate surface area is 76.0 Å². The summed E-state index contributed by atoms with van der Waals surface area (Å²) in [6, 6.07) is 8.07. The van der Waals surface area contributed by atoms with E-state index in [1.165, 1.54) is 0 Å². The number of rotatable bonds is 1. The molecule has 2 aromatic rings. The minimum atomic E-state index is -0.0821. The molecule has 1 aromatic heterocycles. The molecule has 0 saturated carbocycles. The van der Waals surface area contributed by atoms with Gasteiger partial charge >= 0.3 is 0 Å². The van der Waals surface area contributed by atoms with E-state index in [2.05, 4.69) is 16.3 Å². The average Bonchev–Trinajstić information content (AvgIpc) is 2.63. The molecule has 1 N–H and O–H groups in total. The van der Waals surface area contributed by atoms with Crippen LogP contribution in [0, 0.1) is 11.3 Å². The van der Waals surface area contributed by atoms with Gasteiger partial charge in [0.1, 0.15) is 0 Å². The van der Waals surface area contributed by atoms with Crippen molar-refractivity contribution in [2.24, 2.45) is 0 Å². The molecule has 1 aromatic carbocycles. The van der Waals surface area contributed by atoms with E-state index >= 15 is 0 Å². The van der Waals surface area contributed by atoms with Gasteiger partial charge in [0.15, 0.2) is 0 Å². The molecule has 0 saturated heterocycles. The highest BCUT2D eigenvalue weighted by Crippen LogP contribution is 2.23. The summed E-state index contributed by atoms with van der Waals surface area (Å²) in [5.74, 6) is -0.0821. The summed E-state index contributed by atoms with van der Waals surface area (Å²) in [6.07, 6.45) is 1.76. The van der Waals surface area contributed by atoms with Crippen LogP contribution < -0.4 is 0 Å². The molecule has 0 aliphatic rings. The standard InChI is InChI=1S/C10H9N3/c1-7(5-11)8-3-2-4-10-9(8)6-12-13-10/h2-4,6-7H,1H3,(H,12,13). The predicted molar refractivity (Wildman–Crippen MR) is 50.1 cm³/mol. The van der Waals surface area contributed by atoms with Gasteiger partial charge < -0.3 is 0 Å². The molecule has 0 radical (unpaired) electrons. The summed E-state index contributed by atoms with van der Waals surface area (Å²) in [7, 11) is 0. The van der Waals surface area contributed by atoms with Crippen LogP contribution in [0.25, 0.3) is 10.9 Å². The minimum Gasteiger partial charge on any atom is -0.278 e. The number of aromatic amines is 1. The molecule has 0 fully saturated rings. The smallest absolute Gasteiger partial charge is 0.0701 e. The highest BCUT2D eigenvalue weighted by molar-refractivity contribution is 5.82. The van der Waals surface area contributed by atoms with Gasteiger partial charge in [-0.05, 0) is 18.6 Å². The number of hydrogen-bond acceptors (Lipinski definition) is 2. The maximum atomic E-state index is 8.80. The van der Waals surface area contributed by atoms with E-state index in [-0.39, 0.29) is 5.92 Å². The monoisotopic (exact) mass is 171 g/mol. The lowest BCUT2D eigenvalue weighted by atomic mass is 9.99. The lowest BCUT2D eigenvalue weighted by molar-refractivity contribution is 0.994. The lowest BCUT2D eigenvalue weighted by Crippen LogP contribution is -1.89. The summed E-state index contributed by atoms with van der Waals surface area (Å²) in [5, 5.41) is 16.7. The lowest BCUT2D eigenvalue weighted by Gasteiger charge is -2.02. The second kappa shape index (κ2) is 2.91. The summed E-state index contributed by atoms with van der Waals surface area (Å²) in [5.41, 5.74) is 2.02. The van der Waals surface area contributed by atoms with Crippen LogP contribution >= 0.6 is 0 Å². The molecule has 1 heterocycles. The maximum Gasteiger partial charge on any atom is 0.0701 e. The van der Waals surface area contributed by atoms with E-state index < -0.39 is 0 Å². The molecule has 1 atom stereocenters. The van der Waals surface area contributed by atoms with Crippen LogP contribution in [-0.4, -0.2) is 10.2 Å². The molecular formula is C10H9N3. The van der Waals surface area contributed by atoms with Gasteiger partial charge in [-0.2, -0.15) is 10.4 Å². The van der Waals surface area contributed by atoms with Crippen molar-refractivity contribution >= 4 is 10.9 Å². The Morgan fingerprint density at radius 3 is 3.15 bits per heavy atom. The van der Waals surface area contributed by atoms with E-state index in [1.807, 2.05) is 25.1 Å². The van der Waals surface area contributed by atoms with Crippen LogP contribution in [0.4, 0.5) is 0 Å².